The maximum Gasteiger partial charge on any atom is 0.142 e. The van der Waals surface area contributed by atoms with Crippen molar-refractivity contribution in [1.29, 1.82) is 0 Å². The van der Waals surface area contributed by atoms with Gasteiger partial charge in [-0.3, -0.25) is 4.57 Å². The Labute approximate surface area is 284 Å². The van der Waals surface area contributed by atoms with Crippen molar-refractivity contribution in [3.63, 3.8) is 0 Å². The number of hydrogen-bond acceptors (Lipinski definition) is 3. The molecule has 0 aliphatic rings. The lowest BCUT2D eigenvalue weighted by atomic mass is 10.1. The van der Waals surface area contributed by atoms with Gasteiger partial charge in [0, 0.05) is 51.1 Å². The second-order valence-corrected chi connectivity index (χ2v) is 13.0. The SMILES string of the molecule is Cc1cc(C)n(-c2cccc(Oc3ccc4c5ccccc5n(-c5nccc(-n6c7c(C)cccc7c7cccc(C)c76)c5C)c4c3)c2)n1. The lowest BCUT2D eigenvalue weighted by Crippen LogP contribution is -2.06. The van der Waals surface area contributed by atoms with E-state index in [1.807, 2.05) is 36.0 Å². The second-order valence-electron chi connectivity index (χ2n) is 13.0. The fourth-order valence-electron chi connectivity index (χ4n) is 7.63. The first-order valence-electron chi connectivity index (χ1n) is 16.7. The summed E-state index contributed by atoms with van der Waals surface area (Å²) in [6, 6.07) is 40.4. The molecule has 6 heteroatoms. The van der Waals surface area contributed by atoms with Gasteiger partial charge in [0.05, 0.1) is 39.1 Å². The predicted octanol–water partition coefficient (Wildman–Crippen LogP) is 10.8. The highest BCUT2D eigenvalue weighted by Gasteiger charge is 2.21. The quantitative estimate of drug-likeness (QED) is 0.189. The molecule has 0 atom stereocenters. The molecule has 0 amide bonds. The summed E-state index contributed by atoms with van der Waals surface area (Å²) in [6.07, 6.45) is 1.94. The van der Waals surface area contributed by atoms with Gasteiger partial charge in [0.15, 0.2) is 0 Å². The highest BCUT2D eigenvalue weighted by atomic mass is 16.5. The molecule has 9 rings (SSSR count). The van der Waals surface area contributed by atoms with Crippen molar-refractivity contribution in [2.24, 2.45) is 0 Å². The molecule has 0 radical (unpaired) electrons. The van der Waals surface area contributed by atoms with E-state index < -0.39 is 0 Å². The lowest BCUT2D eigenvalue weighted by Gasteiger charge is -2.17. The topological polar surface area (TPSA) is 49.8 Å². The van der Waals surface area contributed by atoms with Crippen LogP contribution in [0.4, 0.5) is 0 Å². The first kappa shape index (κ1) is 29.0. The average molecular weight is 638 g/mol. The molecule has 4 aromatic heterocycles. The Morgan fingerprint density at radius 1 is 0.551 bits per heavy atom. The van der Waals surface area contributed by atoms with Crippen molar-refractivity contribution >= 4 is 43.6 Å². The molecule has 0 spiro atoms. The molecule has 6 nitrogen and oxygen atoms in total. The van der Waals surface area contributed by atoms with Gasteiger partial charge in [0.2, 0.25) is 0 Å². The Morgan fingerprint density at radius 3 is 1.96 bits per heavy atom. The van der Waals surface area contributed by atoms with Gasteiger partial charge in [0.1, 0.15) is 17.3 Å². The summed E-state index contributed by atoms with van der Waals surface area (Å²) in [5.74, 6) is 2.40. The molecule has 0 saturated carbocycles. The third kappa shape index (κ3) is 4.48. The van der Waals surface area contributed by atoms with E-state index in [0.29, 0.717) is 0 Å². The number of pyridine rings is 1. The number of benzene rings is 5. The number of para-hydroxylation sites is 3. The Morgan fingerprint density at radius 2 is 1.22 bits per heavy atom. The highest BCUT2D eigenvalue weighted by Crippen LogP contribution is 2.39. The van der Waals surface area contributed by atoms with E-state index >= 15 is 0 Å². The molecule has 0 aliphatic carbocycles. The van der Waals surface area contributed by atoms with Crippen molar-refractivity contribution < 1.29 is 4.74 Å². The van der Waals surface area contributed by atoms with Gasteiger partial charge >= 0.3 is 0 Å². The largest absolute Gasteiger partial charge is 0.457 e. The number of rotatable bonds is 5. The summed E-state index contributed by atoms with van der Waals surface area (Å²) >= 11 is 0. The summed E-state index contributed by atoms with van der Waals surface area (Å²) < 4.78 is 13.2. The number of hydrogen-bond donors (Lipinski definition) is 0. The minimum Gasteiger partial charge on any atom is -0.457 e. The highest BCUT2D eigenvalue weighted by molar-refractivity contribution is 6.12. The second kappa shape index (κ2) is 11.0. The molecule has 0 aliphatic heterocycles. The van der Waals surface area contributed by atoms with Crippen molar-refractivity contribution in [2.75, 3.05) is 0 Å². The van der Waals surface area contributed by atoms with E-state index in [9.17, 15) is 0 Å². The zero-order valence-corrected chi connectivity index (χ0v) is 28.2. The van der Waals surface area contributed by atoms with Crippen LogP contribution in [-0.4, -0.2) is 23.9 Å². The average Bonchev–Trinajstić information content (AvgIpc) is 3.74. The van der Waals surface area contributed by atoms with Crippen LogP contribution in [-0.2, 0) is 0 Å². The van der Waals surface area contributed by atoms with Crippen molar-refractivity contribution in [3.05, 3.63) is 150 Å². The van der Waals surface area contributed by atoms with E-state index in [2.05, 4.69) is 139 Å². The Kier molecular flexibility index (Phi) is 6.49. The summed E-state index contributed by atoms with van der Waals surface area (Å²) in [5.41, 5.74) is 12.3. The van der Waals surface area contributed by atoms with Crippen molar-refractivity contribution in [1.82, 2.24) is 23.9 Å². The van der Waals surface area contributed by atoms with Gasteiger partial charge < -0.3 is 9.30 Å². The summed E-state index contributed by atoms with van der Waals surface area (Å²) in [5, 5.41) is 9.51. The minimum atomic E-state index is 0.750. The molecule has 238 valence electrons. The fraction of sp³-hybridized carbons (Fsp3) is 0.116. The maximum absolute atomic E-state index is 6.54. The standard InChI is InChI=1S/C43H35N5O/c1-26-11-8-16-36-37-17-9-12-27(2)42(37)47(41(26)36)38-21-22-44-43(30(38)5)46-39-18-7-6-15-34(39)35-20-19-33(25-40(35)46)49-32-14-10-13-31(24-32)48-29(4)23-28(3)45-48/h6-25H,1-5H3. The number of aromatic nitrogens is 5. The van der Waals surface area contributed by atoms with E-state index in [4.69, 9.17) is 9.72 Å². The van der Waals surface area contributed by atoms with Gasteiger partial charge in [-0.15, -0.1) is 0 Å². The van der Waals surface area contributed by atoms with Crippen LogP contribution >= 0.6 is 0 Å². The molecule has 0 unspecified atom stereocenters. The van der Waals surface area contributed by atoms with E-state index in [-0.39, 0.29) is 0 Å². The van der Waals surface area contributed by atoms with Gasteiger partial charge in [-0.2, -0.15) is 5.10 Å². The Bertz CT molecular complexity index is 2700. The van der Waals surface area contributed by atoms with E-state index in [0.717, 1.165) is 62.1 Å². The molecule has 0 saturated heterocycles. The zero-order valence-electron chi connectivity index (χ0n) is 28.2. The lowest BCUT2D eigenvalue weighted by molar-refractivity contribution is 0.482. The predicted molar refractivity (Wildman–Crippen MR) is 200 cm³/mol. The van der Waals surface area contributed by atoms with Gasteiger partial charge in [-0.1, -0.05) is 60.7 Å². The fourth-order valence-corrected chi connectivity index (χ4v) is 7.63. The van der Waals surface area contributed by atoms with E-state index in [1.54, 1.807) is 0 Å². The molecule has 0 fully saturated rings. The molecule has 0 bridgehead atoms. The van der Waals surface area contributed by atoms with Crippen LogP contribution in [0.1, 0.15) is 28.1 Å². The number of nitrogens with zero attached hydrogens (tertiary/aromatic N) is 5. The minimum absolute atomic E-state index is 0.750. The first-order valence-corrected chi connectivity index (χ1v) is 16.7. The Hall–Kier alpha value is -6.14. The van der Waals surface area contributed by atoms with Crippen LogP contribution in [0.2, 0.25) is 0 Å². The van der Waals surface area contributed by atoms with Crippen molar-refractivity contribution in [3.8, 4) is 28.7 Å². The van der Waals surface area contributed by atoms with Gasteiger partial charge in [-0.05, 0) is 88.2 Å². The Balaban J connectivity index is 1.23. The summed E-state index contributed by atoms with van der Waals surface area (Å²) in [6.45, 7) is 10.7. The van der Waals surface area contributed by atoms with Crippen LogP contribution < -0.4 is 4.74 Å². The van der Waals surface area contributed by atoms with Crippen LogP contribution in [0.5, 0.6) is 11.5 Å². The van der Waals surface area contributed by atoms with Gasteiger partial charge in [0.25, 0.3) is 0 Å². The van der Waals surface area contributed by atoms with Crippen LogP contribution in [0.25, 0.3) is 60.8 Å². The van der Waals surface area contributed by atoms with Crippen LogP contribution in [0, 0.1) is 34.6 Å². The van der Waals surface area contributed by atoms with Crippen LogP contribution in [0.3, 0.4) is 0 Å². The summed E-state index contributed by atoms with van der Waals surface area (Å²) in [4.78, 5) is 5.06. The monoisotopic (exact) mass is 637 g/mol. The smallest absolute Gasteiger partial charge is 0.142 e. The number of ether oxygens (including phenoxy) is 1. The molecule has 49 heavy (non-hydrogen) atoms. The van der Waals surface area contributed by atoms with Gasteiger partial charge in [-0.25, -0.2) is 9.67 Å². The molecular formula is C43H35N5O. The normalized spacial score (nSPS) is 11.8. The van der Waals surface area contributed by atoms with E-state index in [1.165, 1.54) is 38.3 Å². The molecule has 0 N–H and O–H groups in total. The molecular weight excluding hydrogens is 603 g/mol. The summed E-state index contributed by atoms with van der Waals surface area (Å²) in [7, 11) is 0. The molecule has 9 aromatic rings. The molecule has 5 aromatic carbocycles. The first-order chi connectivity index (χ1) is 23.9. The third-order valence-electron chi connectivity index (χ3n) is 9.77. The third-order valence-corrected chi connectivity index (χ3v) is 9.77. The molecule has 4 heterocycles. The van der Waals surface area contributed by atoms with Crippen LogP contribution in [0.15, 0.2) is 121 Å². The zero-order chi connectivity index (χ0) is 33.4. The number of fused-ring (bicyclic) bond motifs is 6. The number of aryl methyl sites for hydroxylation is 4. The maximum atomic E-state index is 6.54. The van der Waals surface area contributed by atoms with Crippen molar-refractivity contribution in [2.45, 2.75) is 34.6 Å².